The lowest BCUT2D eigenvalue weighted by atomic mass is 9.84. The van der Waals surface area contributed by atoms with Gasteiger partial charge in [-0.3, -0.25) is 9.55 Å². The van der Waals surface area contributed by atoms with Crippen molar-refractivity contribution in [2.75, 3.05) is 0 Å². The van der Waals surface area contributed by atoms with Gasteiger partial charge in [0.1, 0.15) is 5.82 Å². The Morgan fingerprint density at radius 1 is 0.451 bits per heavy atom. The van der Waals surface area contributed by atoms with Gasteiger partial charge in [-0.2, -0.15) is 5.26 Å². The molecule has 4 heteroatoms. The van der Waals surface area contributed by atoms with Crippen LogP contribution in [-0.4, -0.2) is 14.5 Å². The minimum Gasteiger partial charge on any atom is -0.294 e. The zero-order valence-electron chi connectivity index (χ0n) is 27.5. The van der Waals surface area contributed by atoms with Crippen LogP contribution in [0.15, 0.2) is 170 Å². The van der Waals surface area contributed by atoms with Gasteiger partial charge < -0.3 is 0 Å². The molecule has 0 radical (unpaired) electrons. The Kier molecular flexibility index (Phi) is 6.52. The number of para-hydroxylation sites is 1. The first-order valence-corrected chi connectivity index (χ1v) is 17.0. The van der Waals surface area contributed by atoms with Crippen LogP contribution in [0.5, 0.6) is 0 Å². The zero-order valence-corrected chi connectivity index (χ0v) is 27.5. The van der Waals surface area contributed by atoms with Crippen LogP contribution in [0.1, 0.15) is 5.56 Å². The van der Waals surface area contributed by atoms with E-state index in [2.05, 4.69) is 126 Å². The maximum Gasteiger partial charge on any atom is 0.137 e. The summed E-state index contributed by atoms with van der Waals surface area (Å²) in [6.07, 6.45) is 3.70. The molecule has 0 spiro atoms. The average molecular weight is 649 g/mol. The van der Waals surface area contributed by atoms with Crippen molar-refractivity contribution in [1.29, 1.82) is 5.26 Å². The molecule has 0 aliphatic heterocycles. The summed E-state index contributed by atoms with van der Waals surface area (Å²) in [6.45, 7) is 0. The summed E-state index contributed by atoms with van der Waals surface area (Å²) in [7, 11) is 0. The maximum absolute atomic E-state index is 9.89. The summed E-state index contributed by atoms with van der Waals surface area (Å²) in [5.74, 6) is 0.839. The molecular weight excluding hydrogens is 621 g/mol. The van der Waals surface area contributed by atoms with E-state index in [4.69, 9.17) is 9.97 Å². The number of benzene rings is 7. The summed E-state index contributed by atoms with van der Waals surface area (Å²) in [6, 6.07) is 57.8. The van der Waals surface area contributed by atoms with Crippen LogP contribution < -0.4 is 0 Å². The van der Waals surface area contributed by atoms with Crippen LogP contribution in [0.3, 0.4) is 0 Å². The quantitative estimate of drug-likeness (QED) is 0.178. The third kappa shape index (κ3) is 4.53. The number of hydrogen-bond acceptors (Lipinski definition) is 3. The molecule has 3 aromatic heterocycles. The zero-order chi connectivity index (χ0) is 33.9. The summed E-state index contributed by atoms with van der Waals surface area (Å²) < 4.78 is 2.19. The molecule has 0 aliphatic carbocycles. The summed E-state index contributed by atoms with van der Waals surface area (Å²) in [5, 5.41) is 17.8. The van der Waals surface area contributed by atoms with Crippen LogP contribution in [-0.2, 0) is 0 Å². The second-order valence-electron chi connectivity index (χ2n) is 12.9. The smallest absolute Gasteiger partial charge is 0.137 e. The summed E-state index contributed by atoms with van der Waals surface area (Å²) in [5.41, 5.74) is 10.6. The van der Waals surface area contributed by atoms with E-state index < -0.39 is 0 Å². The number of nitriles is 1. The lowest BCUT2D eigenvalue weighted by molar-refractivity contribution is 1.08. The van der Waals surface area contributed by atoms with Crippen molar-refractivity contribution in [3.05, 3.63) is 176 Å². The Labute approximate surface area is 294 Å². The van der Waals surface area contributed by atoms with E-state index in [1.807, 2.05) is 54.9 Å². The van der Waals surface area contributed by atoms with Crippen molar-refractivity contribution in [3.63, 3.8) is 0 Å². The second kappa shape index (κ2) is 11.5. The molecule has 0 unspecified atom stereocenters. The Morgan fingerprint density at radius 3 is 1.96 bits per heavy atom. The fourth-order valence-corrected chi connectivity index (χ4v) is 7.88. The Bertz CT molecular complexity index is 3020. The topological polar surface area (TPSA) is 54.5 Å². The third-order valence-electron chi connectivity index (χ3n) is 10.1. The first-order valence-electron chi connectivity index (χ1n) is 17.0. The van der Waals surface area contributed by atoms with Gasteiger partial charge in [0.25, 0.3) is 0 Å². The van der Waals surface area contributed by atoms with Crippen LogP contribution in [0.4, 0.5) is 0 Å². The van der Waals surface area contributed by atoms with Crippen molar-refractivity contribution in [2.24, 2.45) is 0 Å². The minimum absolute atomic E-state index is 0.629. The first-order chi connectivity index (χ1) is 25.3. The number of pyridine rings is 2. The van der Waals surface area contributed by atoms with E-state index >= 15 is 0 Å². The lowest BCUT2D eigenvalue weighted by Gasteiger charge is -2.19. The highest BCUT2D eigenvalue weighted by atomic mass is 15.1. The molecule has 10 aromatic rings. The van der Waals surface area contributed by atoms with Gasteiger partial charge in [0.05, 0.1) is 28.2 Å². The maximum atomic E-state index is 9.89. The molecular formula is C47H28N4. The van der Waals surface area contributed by atoms with Crippen molar-refractivity contribution < 1.29 is 0 Å². The Balaban J connectivity index is 1.34. The van der Waals surface area contributed by atoms with Crippen molar-refractivity contribution in [3.8, 4) is 45.3 Å². The standard InChI is InChI=1S/C47H28N4/c48-29-30-18-22-42-39(26-30)40-28-34(20-23-43(40)51(42)44-17-6-7-24-49-44)45-35-14-4-5-15-36(35)46(38-16-8-12-32-13-9-25-50-47(32)38)37-21-19-33(27-41(37)45)31-10-2-1-3-11-31/h1-28H. The van der Waals surface area contributed by atoms with Crippen LogP contribution in [0, 0.1) is 11.3 Å². The first kappa shape index (κ1) is 28.9. The summed E-state index contributed by atoms with van der Waals surface area (Å²) >= 11 is 0. The van der Waals surface area contributed by atoms with E-state index in [1.54, 1.807) is 0 Å². The van der Waals surface area contributed by atoms with Crippen molar-refractivity contribution in [1.82, 2.24) is 14.5 Å². The fourth-order valence-electron chi connectivity index (χ4n) is 7.88. The highest BCUT2D eigenvalue weighted by Crippen LogP contribution is 2.47. The molecule has 0 N–H and O–H groups in total. The van der Waals surface area contributed by atoms with Crippen LogP contribution in [0.25, 0.3) is 93.5 Å². The van der Waals surface area contributed by atoms with Crippen LogP contribution >= 0.6 is 0 Å². The normalized spacial score (nSPS) is 11.5. The van der Waals surface area contributed by atoms with Gasteiger partial charge in [-0.15, -0.1) is 0 Å². The molecule has 0 bridgehead atoms. The molecule has 0 saturated heterocycles. The molecule has 0 aliphatic rings. The number of hydrogen-bond donors (Lipinski definition) is 0. The van der Waals surface area contributed by atoms with Gasteiger partial charge in [0.2, 0.25) is 0 Å². The fraction of sp³-hybridized carbons (Fsp3) is 0. The predicted molar refractivity (Wildman–Crippen MR) is 210 cm³/mol. The highest BCUT2D eigenvalue weighted by molar-refractivity contribution is 6.24. The van der Waals surface area contributed by atoms with E-state index in [0.29, 0.717) is 5.56 Å². The third-order valence-corrected chi connectivity index (χ3v) is 10.1. The minimum atomic E-state index is 0.629. The van der Waals surface area contributed by atoms with Crippen LogP contribution in [0.2, 0.25) is 0 Å². The molecule has 0 fully saturated rings. The molecule has 3 heterocycles. The Morgan fingerprint density at radius 2 is 1.14 bits per heavy atom. The van der Waals surface area contributed by atoms with Gasteiger partial charge in [-0.1, -0.05) is 103 Å². The van der Waals surface area contributed by atoms with Gasteiger partial charge in [-0.25, -0.2) is 4.98 Å². The second-order valence-corrected chi connectivity index (χ2v) is 12.9. The molecule has 0 saturated carbocycles. The molecule has 0 amide bonds. The van der Waals surface area contributed by atoms with Gasteiger partial charge in [-0.05, 0) is 104 Å². The molecule has 51 heavy (non-hydrogen) atoms. The van der Waals surface area contributed by atoms with Crippen molar-refractivity contribution in [2.45, 2.75) is 0 Å². The number of aromatic nitrogens is 3. The average Bonchev–Trinajstić information content (AvgIpc) is 3.53. The summed E-state index contributed by atoms with van der Waals surface area (Å²) in [4.78, 5) is 9.61. The SMILES string of the molecule is N#Cc1ccc2c(c1)c1cc(-c3c4ccccc4c(-c4cccc5cccnc45)c4ccc(-c5ccccc5)cc34)ccc1n2-c1ccccn1. The number of fused-ring (bicyclic) bond motifs is 6. The van der Waals surface area contributed by atoms with Gasteiger partial charge >= 0.3 is 0 Å². The largest absolute Gasteiger partial charge is 0.294 e. The molecule has 236 valence electrons. The Hall–Kier alpha value is -7.09. The van der Waals surface area contributed by atoms with Gasteiger partial charge in [0.15, 0.2) is 0 Å². The number of rotatable bonds is 4. The van der Waals surface area contributed by atoms with E-state index in [1.165, 1.54) is 38.2 Å². The number of nitrogens with zero attached hydrogens (tertiary/aromatic N) is 4. The molecule has 10 rings (SSSR count). The lowest BCUT2D eigenvalue weighted by Crippen LogP contribution is -1.96. The predicted octanol–water partition coefficient (Wildman–Crippen LogP) is 11.9. The highest BCUT2D eigenvalue weighted by Gasteiger charge is 2.21. The van der Waals surface area contributed by atoms with Gasteiger partial charge in [0, 0.05) is 34.1 Å². The monoisotopic (exact) mass is 648 g/mol. The molecule has 0 atom stereocenters. The molecule has 4 nitrogen and oxygen atoms in total. The van der Waals surface area contributed by atoms with E-state index in [-0.39, 0.29) is 0 Å². The van der Waals surface area contributed by atoms with E-state index in [9.17, 15) is 5.26 Å². The van der Waals surface area contributed by atoms with E-state index in [0.717, 1.165) is 55.2 Å². The molecule has 7 aromatic carbocycles. The van der Waals surface area contributed by atoms with Crippen molar-refractivity contribution >= 4 is 54.3 Å².